The minimum atomic E-state index is 0.972. The normalized spacial score (nSPS) is 15.7. The predicted molar refractivity (Wildman–Crippen MR) is 46.3 cm³/mol. The highest BCUT2D eigenvalue weighted by Gasteiger charge is 1.91. The summed E-state index contributed by atoms with van der Waals surface area (Å²) in [6.45, 7) is 6.18. The fourth-order valence-corrected chi connectivity index (χ4v) is 0.922. The van der Waals surface area contributed by atoms with Gasteiger partial charge >= 0.3 is 0 Å². The van der Waals surface area contributed by atoms with Gasteiger partial charge in [0.2, 0.25) is 0 Å². The number of rotatable bonds is 1. The summed E-state index contributed by atoms with van der Waals surface area (Å²) in [6.07, 6.45) is 2.08. The van der Waals surface area contributed by atoms with E-state index in [-0.39, 0.29) is 0 Å². The first-order chi connectivity index (χ1) is 4.09. The monoisotopic (exact) mass is 141 g/mol. The predicted octanol–water partition coefficient (Wildman–Crippen LogP) is 0.508. The van der Waals surface area contributed by atoms with Gasteiger partial charge in [-0.05, 0) is 31.7 Å². The van der Waals surface area contributed by atoms with Crippen LogP contribution in [0.3, 0.4) is 0 Å². The molecular weight excluding hydrogens is 126 g/mol. The van der Waals surface area contributed by atoms with E-state index in [1.54, 1.807) is 0 Å². The summed E-state index contributed by atoms with van der Waals surface area (Å²) in [7, 11) is 0.972. The van der Waals surface area contributed by atoms with E-state index in [0.717, 1.165) is 15.6 Å². The zero-order valence-electron chi connectivity index (χ0n) is 6.65. The van der Waals surface area contributed by atoms with Crippen molar-refractivity contribution in [3.8, 4) is 0 Å². The van der Waals surface area contributed by atoms with E-state index in [1.165, 1.54) is 11.1 Å². The van der Waals surface area contributed by atoms with Gasteiger partial charge in [0, 0.05) is 0 Å². The summed E-state index contributed by atoms with van der Waals surface area (Å²) in [5.41, 5.74) is 8.16. The number of hydrogen-bond acceptors (Lipinski definition) is 1. The molecule has 0 aromatic heterocycles. The molecule has 0 unspecified atom stereocenters. The highest BCUT2D eigenvalue weighted by molar-refractivity contribution is 6.21. The van der Waals surface area contributed by atoms with Crippen LogP contribution in [0.4, 0.5) is 0 Å². The fourth-order valence-electron chi connectivity index (χ4n) is 0.528. The summed E-state index contributed by atoms with van der Waals surface area (Å²) in [6, 6.07) is 0. The number of hydrogen-bond donors (Lipinski definition) is 1. The van der Waals surface area contributed by atoms with Crippen LogP contribution in [0.15, 0.2) is 22.5 Å². The van der Waals surface area contributed by atoms with E-state index in [9.17, 15) is 0 Å². The Morgan fingerprint density at radius 1 is 1.44 bits per heavy atom. The van der Waals surface area contributed by atoms with Gasteiger partial charge in [-0.1, -0.05) is 11.6 Å². The smallest absolute Gasteiger partial charge is 0.0588 e. The lowest BCUT2D eigenvalue weighted by Gasteiger charge is -2.01. The van der Waals surface area contributed by atoms with Crippen LogP contribution >= 0.6 is 0 Å². The molecule has 0 aromatic carbocycles. The topological polar surface area (TPSA) is 26.0 Å². The Kier molecular flexibility index (Phi) is 3.31. The molecule has 1 nitrogen and oxygen atoms in total. The lowest BCUT2D eigenvalue weighted by Crippen LogP contribution is -2.00. The minimum absolute atomic E-state index is 0.972. The van der Waals surface area contributed by atoms with Gasteiger partial charge in [0.05, 0.1) is 10.2 Å². The van der Waals surface area contributed by atoms with Gasteiger partial charge in [-0.25, -0.2) is 0 Å². The van der Waals surface area contributed by atoms with Gasteiger partial charge in [-0.15, -0.1) is 0 Å². The molecule has 0 aliphatic rings. The lowest BCUT2D eigenvalue weighted by atomic mass is 10.1. The summed E-state index contributed by atoms with van der Waals surface area (Å²) in [5.74, 6) is 0. The van der Waals surface area contributed by atoms with E-state index in [1.807, 2.05) is 6.92 Å². The molecule has 0 saturated carbocycles. The van der Waals surface area contributed by atoms with Gasteiger partial charge < -0.3 is 5.73 Å². The molecule has 0 heterocycles. The van der Waals surface area contributed by atoms with Crippen LogP contribution in [0, 0.1) is 0 Å². The number of allylic oxidation sites excluding steroid dienone is 3. The third-order valence-electron chi connectivity index (χ3n) is 1.62. The summed E-state index contributed by atoms with van der Waals surface area (Å²) < 4.78 is 0. The van der Waals surface area contributed by atoms with Crippen LogP contribution in [0.25, 0.3) is 0 Å². The first kappa shape index (κ1) is 8.50. The van der Waals surface area contributed by atoms with Crippen molar-refractivity contribution in [2.24, 2.45) is 5.73 Å². The van der Waals surface area contributed by atoms with Crippen LogP contribution in [-0.2, 0) is 0 Å². The van der Waals surface area contributed by atoms with Gasteiger partial charge in [0.15, 0.2) is 0 Å². The molecule has 0 fully saturated rings. The van der Waals surface area contributed by atoms with E-state index < -0.39 is 0 Å². The first-order valence-electron chi connectivity index (χ1n) is 3.15. The highest BCUT2D eigenvalue weighted by Crippen LogP contribution is 2.07. The number of nitrogens with two attached hydrogens (primary N) is 1. The Balaban J connectivity index is 4.40. The Morgan fingerprint density at radius 2 is 1.89 bits per heavy atom. The van der Waals surface area contributed by atoms with Crippen LogP contribution in [0.5, 0.6) is 0 Å². The molecule has 0 amide bonds. The molecule has 9 heavy (non-hydrogen) atoms. The summed E-state index contributed by atoms with van der Waals surface area (Å²) in [5, 5.41) is 1.05. The van der Waals surface area contributed by atoms with E-state index in [0.29, 0.717) is 0 Å². The maximum atomic E-state index is 5.61. The van der Waals surface area contributed by atoms with Crippen molar-refractivity contribution in [2.45, 2.75) is 20.8 Å². The molecule has 0 spiro atoms. The van der Waals surface area contributed by atoms with Crippen LogP contribution in [0.1, 0.15) is 20.8 Å². The second-order valence-electron chi connectivity index (χ2n) is 2.28. The molecule has 2 N–H and O–H groups in total. The van der Waals surface area contributed by atoms with Crippen molar-refractivity contribution in [3.05, 3.63) is 22.5 Å². The van der Waals surface area contributed by atoms with E-state index in [2.05, 4.69) is 19.9 Å². The second-order valence-corrected chi connectivity index (χ2v) is 3.36. The Bertz CT molecular complexity index is 152. The Morgan fingerprint density at radius 3 is 2.00 bits per heavy atom. The van der Waals surface area contributed by atoms with Gasteiger partial charge in [0.25, 0.3) is 0 Å². The molecule has 0 aliphatic carbocycles. The van der Waals surface area contributed by atoms with Crippen molar-refractivity contribution in [2.75, 3.05) is 0 Å². The molecule has 52 valence electrons. The standard InChI is InChI=1S/C7H15NSi/c1-4-5(2)6(3)7(8)9/h4H,8H2,1-3,9H3. The molecule has 0 saturated heterocycles. The second kappa shape index (κ2) is 3.51. The molecule has 0 rings (SSSR count). The molecule has 0 bridgehead atoms. The van der Waals surface area contributed by atoms with Gasteiger partial charge in [-0.2, -0.15) is 0 Å². The largest absolute Gasteiger partial charge is 0.406 e. The maximum Gasteiger partial charge on any atom is 0.0588 e. The molecule has 0 atom stereocenters. The lowest BCUT2D eigenvalue weighted by molar-refractivity contribution is 1.27. The fraction of sp³-hybridized carbons (Fsp3) is 0.429. The molecule has 0 radical (unpaired) electrons. The van der Waals surface area contributed by atoms with Crippen molar-refractivity contribution >= 4 is 10.2 Å². The molecule has 0 aliphatic heterocycles. The highest BCUT2D eigenvalue weighted by atomic mass is 28.1. The molecule has 2 heteroatoms. The third kappa shape index (κ3) is 2.51. The zero-order valence-corrected chi connectivity index (χ0v) is 8.65. The van der Waals surface area contributed by atoms with Crippen molar-refractivity contribution in [3.63, 3.8) is 0 Å². The van der Waals surface area contributed by atoms with Crippen LogP contribution < -0.4 is 5.73 Å². The van der Waals surface area contributed by atoms with Crippen LogP contribution in [0.2, 0.25) is 0 Å². The first-order valence-corrected chi connectivity index (χ1v) is 4.15. The van der Waals surface area contributed by atoms with E-state index >= 15 is 0 Å². The third-order valence-corrected chi connectivity index (χ3v) is 2.37. The minimum Gasteiger partial charge on any atom is -0.406 e. The van der Waals surface area contributed by atoms with Gasteiger partial charge in [0.1, 0.15) is 0 Å². The zero-order chi connectivity index (χ0) is 7.44. The quantitative estimate of drug-likeness (QED) is 0.418. The Labute approximate surface area is 60.1 Å². The van der Waals surface area contributed by atoms with Crippen LogP contribution in [-0.4, -0.2) is 10.2 Å². The average molecular weight is 141 g/mol. The summed E-state index contributed by atoms with van der Waals surface area (Å²) in [4.78, 5) is 0. The maximum absolute atomic E-state index is 5.61. The van der Waals surface area contributed by atoms with Crippen molar-refractivity contribution in [1.82, 2.24) is 0 Å². The SMILES string of the molecule is CC=C(C)C(C)=C(N)[SiH3]. The summed E-state index contributed by atoms with van der Waals surface area (Å²) >= 11 is 0. The Hall–Kier alpha value is -0.503. The van der Waals surface area contributed by atoms with Crippen molar-refractivity contribution < 1.29 is 0 Å². The van der Waals surface area contributed by atoms with Crippen molar-refractivity contribution in [1.29, 1.82) is 0 Å². The molecule has 0 aromatic rings. The van der Waals surface area contributed by atoms with Gasteiger partial charge in [-0.3, -0.25) is 0 Å². The van der Waals surface area contributed by atoms with E-state index in [4.69, 9.17) is 5.73 Å². The molecular formula is C7H15NSi. The average Bonchev–Trinajstić information content (AvgIpc) is 1.84.